The smallest absolute Gasteiger partial charge is 0.363 e. The minimum absolute atomic E-state index is 0.244. The summed E-state index contributed by atoms with van der Waals surface area (Å²) in [6, 6.07) is 24.0. The van der Waals surface area contributed by atoms with E-state index in [-0.39, 0.29) is 5.70 Å². The van der Waals surface area contributed by atoms with Gasteiger partial charge in [0.15, 0.2) is 5.70 Å². The summed E-state index contributed by atoms with van der Waals surface area (Å²) in [5.74, 6) is 1.10. The summed E-state index contributed by atoms with van der Waals surface area (Å²) in [5, 5.41) is 0.560. The number of rotatable bonds is 7. The fourth-order valence-corrected chi connectivity index (χ4v) is 3.03. The van der Waals surface area contributed by atoms with Gasteiger partial charge in [-0.2, -0.15) is 0 Å². The number of carbonyl (C=O) groups excluding carboxylic acids is 1. The molecule has 0 radical (unpaired) electrons. The average molecular weight is 420 g/mol. The fourth-order valence-electron chi connectivity index (χ4n) is 2.84. The molecule has 0 aromatic heterocycles. The maximum absolute atomic E-state index is 12.2. The molecular formula is C24H18ClNO4. The third-order valence-electron chi connectivity index (χ3n) is 4.25. The number of cyclic esters (lactones) is 1. The topological polar surface area (TPSA) is 57.1 Å². The molecule has 0 saturated carbocycles. The van der Waals surface area contributed by atoms with E-state index in [1.807, 2.05) is 66.7 Å². The lowest BCUT2D eigenvalue weighted by Crippen LogP contribution is -2.09. The molecule has 1 aliphatic rings. The lowest BCUT2D eigenvalue weighted by Gasteiger charge is -2.09. The van der Waals surface area contributed by atoms with Crippen molar-refractivity contribution in [3.63, 3.8) is 0 Å². The van der Waals surface area contributed by atoms with Crippen LogP contribution in [0.3, 0.4) is 0 Å². The molecule has 3 aromatic rings. The molecule has 3 aromatic carbocycles. The maximum atomic E-state index is 12.2. The van der Waals surface area contributed by atoms with Crippen LogP contribution in [-0.4, -0.2) is 25.1 Å². The minimum atomic E-state index is -0.478. The summed E-state index contributed by atoms with van der Waals surface area (Å²) >= 11 is 6.06. The molecule has 0 atom stereocenters. The van der Waals surface area contributed by atoms with Crippen molar-refractivity contribution in [2.45, 2.75) is 0 Å². The molecule has 0 spiro atoms. The zero-order valence-electron chi connectivity index (χ0n) is 16.0. The van der Waals surface area contributed by atoms with Crippen molar-refractivity contribution >= 4 is 29.5 Å². The van der Waals surface area contributed by atoms with Crippen LogP contribution >= 0.6 is 11.6 Å². The molecular weight excluding hydrogens is 402 g/mol. The van der Waals surface area contributed by atoms with E-state index in [1.165, 1.54) is 0 Å². The first kappa shape index (κ1) is 19.7. The third kappa shape index (κ3) is 4.88. The van der Waals surface area contributed by atoms with E-state index >= 15 is 0 Å². The van der Waals surface area contributed by atoms with Gasteiger partial charge in [-0.3, -0.25) is 0 Å². The Balaban J connectivity index is 1.39. The van der Waals surface area contributed by atoms with Crippen molar-refractivity contribution in [3.8, 4) is 11.5 Å². The van der Waals surface area contributed by atoms with E-state index in [0.717, 1.165) is 11.1 Å². The van der Waals surface area contributed by atoms with Crippen LogP contribution in [0.1, 0.15) is 11.1 Å². The SMILES string of the molecule is O=C1OC(c2ccccc2)=N/C1=C\c1cccc(OCCOc2ccccc2Cl)c1. The number of carbonyl (C=O) groups is 1. The standard InChI is InChI=1S/C24H18ClNO4/c25-20-11-4-5-12-22(20)29-14-13-28-19-10-6-7-17(15-19)16-21-24(27)30-23(26-21)18-8-2-1-3-9-18/h1-12,15-16H,13-14H2/b21-16-. The second-order valence-corrected chi connectivity index (χ2v) is 6.81. The number of aliphatic imine (C=N–C) groups is 1. The van der Waals surface area contributed by atoms with Crippen LogP contribution in [-0.2, 0) is 9.53 Å². The van der Waals surface area contributed by atoms with Crippen LogP contribution in [0.25, 0.3) is 6.08 Å². The zero-order chi connectivity index (χ0) is 20.8. The van der Waals surface area contributed by atoms with Crippen molar-refractivity contribution in [2.75, 3.05) is 13.2 Å². The van der Waals surface area contributed by atoms with Gasteiger partial charge in [-0.25, -0.2) is 9.79 Å². The van der Waals surface area contributed by atoms with E-state index < -0.39 is 5.97 Å². The normalized spacial score (nSPS) is 14.4. The van der Waals surface area contributed by atoms with Gasteiger partial charge >= 0.3 is 5.97 Å². The van der Waals surface area contributed by atoms with Crippen LogP contribution in [0.4, 0.5) is 0 Å². The molecule has 0 bridgehead atoms. The van der Waals surface area contributed by atoms with Crippen LogP contribution < -0.4 is 9.47 Å². The Morgan fingerprint density at radius 3 is 2.50 bits per heavy atom. The van der Waals surface area contributed by atoms with Gasteiger partial charge in [0, 0.05) is 5.56 Å². The van der Waals surface area contributed by atoms with Gasteiger partial charge in [0.25, 0.3) is 0 Å². The number of ether oxygens (including phenoxy) is 3. The first-order chi connectivity index (χ1) is 14.7. The van der Waals surface area contributed by atoms with Crippen LogP contribution in [0.5, 0.6) is 11.5 Å². The summed E-state index contributed by atoms with van der Waals surface area (Å²) in [6.45, 7) is 0.704. The van der Waals surface area contributed by atoms with E-state index in [2.05, 4.69) is 4.99 Å². The Morgan fingerprint density at radius 2 is 1.67 bits per heavy atom. The van der Waals surface area contributed by atoms with Crippen molar-refractivity contribution in [3.05, 3.63) is 101 Å². The van der Waals surface area contributed by atoms with Crippen molar-refractivity contribution < 1.29 is 19.0 Å². The molecule has 30 heavy (non-hydrogen) atoms. The number of nitrogens with zero attached hydrogens (tertiary/aromatic N) is 1. The molecule has 0 fully saturated rings. The van der Waals surface area contributed by atoms with E-state index in [0.29, 0.717) is 35.6 Å². The number of esters is 1. The first-order valence-electron chi connectivity index (χ1n) is 9.37. The predicted octanol–water partition coefficient (Wildman–Crippen LogP) is 5.14. The van der Waals surface area contributed by atoms with Crippen molar-refractivity contribution in [1.29, 1.82) is 0 Å². The van der Waals surface area contributed by atoms with Crippen molar-refractivity contribution in [1.82, 2.24) is 0 Å². The predicted molar refractivity (Wildman–Crippen MR) is 116 cm³/mol. The van der Waals surface area contributed by atoms with Crippen LogP contribution in [0, 0.1) is 0 Å². The number of para-hydroxylation sites is 1. The Hall–Kier alpha value is -3.57. The van der Waals surface area contributed by atoms with E-state index in [1.54, 1.807) is 18.2 Å². The summed E-state index contributed by atoms with van der Waals surface area (Å²) in [5.41, 5.74) is 1.78. The maximum Gasteiger partial charge on any atom is 0.363 e. The average Bonchev–Trinajstić information content (AvgIpc) is 3.13. The minimum Gasteiger partial charge on any atom is -0.490 e. The highest BCUT2D eigenvalue weighted by atomic mass is 35.5. The number of hydrogen-bond acceptors (Lipinski definition) is 5. The zero-order valence-corrected chi connectivity index (χ0v) is 16.7. The highest BCUT2D eigenvalue weighted by Crippen LogP contribution is 2.23. The summed E-state index contributed by atoms with van der Waals surface area (Å²) < 4.78 is 16.6. The molecule has 5 nitrogen and oxygen atoms in total. The highest BCUT2D eigenvalue weighted by Gasteiger charge is 2.23. The molecule has 4 rings (SSSR count). The van der Waals surface area contributed by atoms with Gasteiger partial charge < -0.3 is 14.2 Å². The quantitative estimate of drug-likeness (QED) is 0.302. The van der Waals surface area contributed by atoms with Gasteiger partial charge in [-0.05, 0) is 48.0 Å². The number of hydrogen-bond donors (Lipinski definition) is 0. The second-order valence-electron chi connectivity index (χ2n) is 6.40. The van der Waals surface area contributed by atoms with Gasteiger partial charge in [0.1, 0.15) is 24.7 Å². The summed E-state index contributed by atoms with van der Waals surface area (Å²) in [4.78, 5) is 16.5. The summed E-state index contributed by atoms with van der Waals surface area (Å²) in [6.07, 6.45) is 1.67. The lowest BCUT2D eigenvalue weighted by atomic mass is 10.2. The Labute approximate surface area is 179 Å². The van der Waals surface area contributed by atoms with E-state index in [4.69, 9.17) is 25.8 Å². The largest absolute Gasteiger partial charge is 0.490 e. The van der Waals surface area contributed by atoms with Gasteiger partial charge in [-0.1, -0.05) is 54.1 Å². The molecule has 0 saturated heterocycles. The van der Waals surface area contributed by atoms with Gasteiger partial charge in [0.2, 0.25) is 5.90 Å². The Kier molecular flexibility index (Phi) is 6.11. The summed E-state index contributed by atoms with van der Waals surface area (Å²) in [7, 11) is 0. The lowest BCUT2D eigenvalue weighted by molar-refractivity contribution is -0.129. The Bertz CT molecular complexity index is 1110. The molecule has 1 heterocycles. The Morgan fingerprint density at radius 1 is 0.900 bits per heavy atom. The first-order valence-corrected chi connectivity index (χ1v) is 9.75. The van der Waals surface area contributed by atoms with Gasteiger partial charge in [-0.15, -0.1) is 0 Å². The van der Waals surface area contributed by atoms with Crippen LogP contribution in [0.15, 0.2) is 89.6 Å². The molecule has 150 valence electrons. The monoisotopic (exact) mass is 419 g/mol. The van der Waals surface area contributed by atoms with E-state index in [9.17, 15) is 4.79 Å². The molecule has 1 aliphatic heterocycles. The highest BCUT2D eigenvalue weighted by molar-refractivity contribution is 6.32. The number of halogens is 1. The fraction of sp³-hybridized carbons (Fsp3) is 0.0833. The molecule has 0 unspecified atom stereocenters. The number of benzene rings is 3. The second kappa shape index (κ2) is 9.29. The molecule has 0 N–H and O–H groups in total. The molecule has 0 aliphatic carbocycles. The molecule has 0 amide bonds. The molecule has 6 heteroatoms. The van der Waals surface area contributed by atoms with Gasteiger partial charge in [0.05, 0.1) is 5.02 Å². The van der Waals surface area contributed by atoms with Crippen molar-refractivity contribution in [2.24, 2.45) is 4.99 Å². The van der Waals surface area contributed by atoms with Crippen LogP contribution in [0.2, 0.25) is 5.02 Å². The third-order valence-corrected chi connectivity index (χ3v) is 4.56.